The molecule has 178 valence electrons. The molecule has 0 N–H and O–H groups in total. The molecule has 1 saturated heterocycles. The number of fused-ring (bicyclic) bond motifs is 3. The number of rotatable bonds is 6. The number of carbonyl (C=O) groups is 1. The molecule has 1 amide bonds. The van der Waals surface area contributed by atoms with E-state index >= 15 is 0 Å². The Morgan fingerprint density at radius 3 is 2.73 bits per heavy atom. The number of amides is 1. The molecule has 3 heterocycles. The lowest BCUT2D eigenvalue weighted by molar-refractivity contribution is 0.0697. The van der Waals surface area contributed by atoms with Crippen LogP contribution in [0.15, 0.2) is 30.4 Å². The van der Waals surface area contributed by atoms with Crippen molar-refractivity contribution >= 4 is 16.8 Å². The van der Waals surface area contributed by atoms with Gasteiger partial charge in [-0.05, 0) is 67.7 Å². The second-order valence-corrected chi connectivity index (χ2v) is 10.4. The fourth-order valence-electron chi connectivity index (χ4n) is 6.01. The highest BCUT2D eigenvalue weighted by Crippen LogP contribution is 2.33. The predicted octanol–water partition coefficient (Wildman–Crippen LogP) is 4.87. The summed E-state index contributed by atoms with van der Waals surface area (Å²) in [7, 11) is 1.77. The number of benzene rings is 1. The van der Waals surface area contributed by atoms with Crippen LogP contribution in [0.1, 0.15) is 60.6 Å². The van der Waals surface area contributed by atoms with Crippen LogP contribution in [0.4, 0.5) is 0 Å². The van der Waals surface area contributed by atoms with Crippen LogP contribution >= 0.6 is 0 Å². The average Bonchev–Trinajstić information content (AvgIpc) is 3.15. The molecule has 5 rings (SSSR count). The van der Waals surface area contributed by atoms with Gasteiger partial charge in [0.15, 0.2) is 0 Å². The fourth-order valence-corrected chi connectivity index (χ4v) is 6.01. The first-order chi connectivity index (χ1) is 16.1. The van der Waals surface area contributed by atoms with Gasteiger partial charge < -0.3 is 14.2 Å². The summed E-state index contributed by atoms with van der Waals surface area (Å²) < 4.78 is 7.88. The molecule has 1 aliphatic carbocycles. The van der Waals surface area contributed by atoms with Crippen LogP contribution in [0.3, 0.4) is 0 Å². The summed E-state index contributed by atoms with van der Waals surface area (Å²) in [5, 5.41) is 1.27. The van der Waals surface area contributed by atoms with Crippen molar-refractivity contribution in [2.45, 2.75) is 58.5 Å². The summed E-state index contributed by atoms with van der Waals surface area (Å²) in [6.07, 6.45) is 11.7. The summed E-state index contributed by atoms with van der Waals surface area (Å²) in [6, 6.07) is 6.41. The Morgan fingerprint density at radius 1 is 1.12 bits per heavy atom. The number of methoxy groups -OCH3 is 1. The second kappa shape index (κ2) is 10.0. The number of hydrogen-bond donors (Lipinski definition) is 0. The number of allylic oxidation sites excluding steroid dienone is 2. The lowest BCUT2D eigenvalue weighted by Crippen LogP contribution is -2.37. The lowest BCUT2D eigenvalue weighted by Gasteiger charge is -2.32. The van der Waals surface area contributed by atoms with Gasteiger partial charge in [-0.1, -0.05) is 19.1 Å². The molecule has 1 aromatic heterocycles. The SMILES string of the molecule is COCCn1c2c(c3cc(C(=O)N4CCC(C)CC4)ccc31)CN(CC1CC=CCC1)CC2. The highest BCUT2D eigenvalue weighted by molar-refractivity contribution is 5.99. The molecule has 3 aliphatic rings. The maximum Gasteiger partial charge on any atom is 0.253 e. The normalized spacial score (nSPS) is 22.1. The van der Waals surface area contributed by atoms with Crippen LogP contribution in [0.2, 0.25) is 0 Å². The molecule has 5 heteroatoms. The third-order valence-electron chi connectivity index (χ3n) is 8.06. The molecule has 1 unspecified atom stereocenters. The van der Waals surface area contributed by atoms with E-state index in [-0.39, 0.29) is 5.91 Å². The minimum absolute atomic E-state index is 0.198. The second-order valence-electron chi connectivity index (χ2n) is 10.4. The van der Waals surface area contributed by atoms with Gasteiger partial charge in [0, 0.05) is 75.0 Å². The largest absolute Gasteiger partial charge is 0.383 e. The molecule has 0 spiro atoms. The third-order valence-corrected chi connectivity index (χ3v) is 8.06. The van der Waals surface area contributed by atoms with E-state index in [0.29, 0.717) is 6.61 Å². The number of ether oxygens (including phenoxy) is 1. The molecule has 1 atom stereocenters. The summed E-state index contributed by atoms with van der Waals surface area (Å²) in [6.45, 7) is 8.92. The van der Waals surface area contributed by atoms with Gasteiger partial charge in [0.25, 0.3) is 5.91 Å². The molecule has 5 nitrogen and oxygen atoms in total. The summed E-state index contributed by atoms with van der Waals surface area (Å²) in [4.78, 5) is 18.0. The number of carbonyl (C=O) groups excluding carboxylic acids is 1. The van der Waals surface area contributed by atoms with Crippen LogP contribution in [0.5, 0.6) is 0 Å². The van der Waals surface area contributed by atoms with Crippen molar-refractivity contribution in [3.05, 3.63) is 47.2 Å². The van der Waals surface area contributed by atoms with Gasteiger partial charge in [0.1, 0.15) is 0 Å². The van der Waals surface area contributed by atoms with Gasteiger partial charge in [-0.3, -0.25) is 9.69 Å². The van der Waals surface area contributed by atoms with E-state index in [0.717, 1.165) is 69.4 Å². The van der Waals surface area contributed by atoms with E-state index in [1.165, 1.54) is 48.0 Å². The first-order valence-corrected chi connectivity index (χ1v) is 12.9. The number of aromatic nitrogens is 1. The minimum atomic E-state index is 0.198. The van der Waals surface area contributed by atoms with E-state index in [1.54, 1.807) is 7.11 Å². The van der Waals surface area contributed by atoms with Gasteiger partial charge in [-0.15, -0.1) is 0 Å². The van der Waals surface area contributed by atoms with Crippen LogP contribution in [-0.2, 0) is 24.2 Å². The van der Waals surface area contributed by atoms with Crippen LogP contribution in [0, 0.1) is 11.8 Å². The van der Waals surface area contributed by atoms with Gasteiger partial charge in [0.05, 0.1) is 6.61 Å². The third kappa shape index (κ3) is 4.76. The zero-order chi connectivity index (χ0) is 22.8. The summed E-state index contributed by atoms with van der Waals surface area (Å²) >= 11 is 0. The Bertz CT molecular complexity index is 1020. The number of nitrogens with zero attached hydrogens (tertiary/aromatic N) is 3. The van der Waals surface area contributed by atoms with Gasteiger partial charge in [-0.2, -0.15) is 0 Å². The number of hydrogen-bond acceptors (Lipinski definition) is 3. The van der Waals surface area contributed by atoms with Crippen molar-refractivity contribution in [2.24, 2.45) is 11.8 Å². The number of likely N-dealkylation sites (tertiary alicyclic amines) is 1. The lowest BCUT2D eigenvalue weighted by atomic mass is 9.93. The zero-order valence-electron chi connectivity index (χ0n) is 20.4. The Morgan fingerprint density at radius 2 is 1.97 bits per heavy atom. The monoisotopic (exact) mass is 449 g/mol. The Hall–Kier alpha value is -2.11. The minimum Gasteiger partial charge on any atom is -0.383 e. The molecule has 33 heavy (non-hydrogen) atoms. The maximum atomic E-state index is 13.3. The predicted molar refractivity (Wildman–Crippen MR) is 134 cm³/mol. The van der Waals surface area contributed by atoms with Crippen molar-refractivity contribution in [1.82, 2.24) is 14.4 Å². The van der Waals surface area contributed by atoms with Gasteiger partial charge >= 0.3 is 0 Å². The van der Waals surface area contributed by atoms with E-state index in [2.05, 4.69) is 45.6 Å². The standard InChI is InChI=1S/C28H39N3O2/c1-21-10-14-30(15-11-21)28(32)23-8-9-26-24(18-23)25-20-29(19-22-6-4-3-5-7-22)13-12-27(25)31(26)16-17-33-2/h3-4,8-9,18,21-22H,5-7,10-17,19-20H2,1-2H3. The molecule has 1 aromatic carbocycles. The Balaban J connectivity index is 1.44. The van der Waals surface area contributed by atoms with Crippen LogP contribution in [0.25, 0.3) is 10.9 Å². The van der Waals surface area contributed by atoms with Crippen LogP contribution in [-0.4, -0.2) is 60.2 Å². The molecule has 0 saturated carbocycles. The van der Waals surface area contributed by atoms with Gasteiger partial charge in [0.2, 0.25) is 0 Å². The van der Waals surface area contributed by atoms with Crippen molar-refractivity contribution in [3.8, 4) is 0 Å². The number of piperidine rings is 1. The first-order valence-electron chi connectivity index (χ1n) is 12.9. The van der Waals surface area contributed by atoms with E-state index in [9.17, 15) is 4.79 Å². The van der Waals surface area contributed by atoms with Crippen molar-refractivity contribution in [3.63, 3.8) is 0 Å². The highest BCUT2D eigenvalue weighted by atomic mass is 16.5. The highest BCUT2D eigenvalue weighted by Gasteiger charge is 2.27. The fraction of sp³-hybridized carbons (Fsp3) is 0.607. The topological polar surface area (TPSA) is 37.7 Å². The average molecular weight is 450 g/mol. The molecular weight excluding hydrogens is 410 g/mol. The van der Waals surface area contributed by atoms with Gasteiger partial charge in [-0.25, -0.2) is 0 Å². The summed E-state index contributed by atoms with van der Waals surface area (Å²) in [5.41, 5.74) is 4.97. The molecule has 2 aromatic rings. The Labute approximate surface area is 198 Å². The zero-order valence-corrected chi connectivity index (χ0v) is 20.4. The van der Waals surface area contributed by atoms with Crippen molar-refractivity contribution in [2.75, 3.05) is 39.9 Å². The smallest absolute Gasteiger partial charge is 0.253 e. The Kier molecular flexibility index (Phi) is 6.89. The van der Waals surface area contributed by atoms with E-state index in [1.807, 2.05) is 6.07 Å². The summed E-state index contributed by atoms with van der Waals surface area (Å²) in [5.74, 6) is 1.70. The van der Waals surface area contributed by atoms with E-state index < -0.39 is 0 Å². The van der Waals surface area contributed by atoms with Crippen LogP contribution < -0.4 is 0 Å². The maximum absolute atomic E-state index is 13.3. The van der Waals surface area contributed by atoms with E-state index in [4.69, 9.17) is 4.74 Å². The first kappa shape index (κ1) is 22.7. The molecule has 2 aliphatic heterocycles. The van der Waals surface area contributed by atoms with Crippen molar-refractivity contribution < 1.29 is 9.53 Å². The molecule has 1 fully saturated rings. The molecule has 0 bridgehead atoms. The molecular formula is C28H39N3O2. The van der Waals surface area contributed by atoms with Crippen molar-refractivity contribution in [1.29, 1.82) is 0 Å². The molecule has 0 radical (unpaired) electrons. The quantitative estimate of drug-likeness (QED) is 0.590.